The summed E-state index contributed by atoms with van der Waals surface area (Å²) in [4.78, 5) is 24.5. The number of allylic oxidation sites excluding steroid dienone is 6. The van der Waals surface area contributed by atoms with E-state index in [1.165, 1.54) is 289 Å². The molecule has 3 N–H and O–H groups in total. The minimum Gasteiger partial charge on any atom is -0.466 e. The summed E-state index contributed by atoms with van der Waals surface area (Å²) in [5.74, 6) is -0.0247. The van der Waals surface area contributed by atoms with Crippen LogP contribution >= 0.6 is 0 Å². The second-order valence-corrected chi connectivity index (χ2v) is 23.5. The van der Waals surface area contributed by atoms with Crippen LogP contribution in [0, 0.1) is 0 Å². The molecule has 76 heavy (non-hydrogen) atoms. The van der Waals surface area contributed by atoms with E-state index in [-0.39, 0.29) is 18.5 Å². The molecule has 6 heteroatoms. The Morgan fingerprint density at radius 2 is 0.658 bits per heavy atom. The van der Waals surface area contributed by atoms with Crippen molar-refractivity contribution in [1.82, 2.24) is 5.32 Å². The van der Waals surface area contributed by atoms with Crippen molar-refractivity contribution < 1.29 is 24.5 Å². The third kappa shape index (κ3) is 61.3. The normalized spacial score (nSPS) is 12.7. The van der Waals surface area contributed by atoms with Gasteiger partial charge in [0.1, 0.15) is 0 Å². The van der Waals surface area contributed by atoms with Gasteiger partial charge in [0.2, 0.25) is 5.91 Å². The topological polar surface area (TPSA) is 95.9 Å². The molecule has 0 aliphatic heterocycles. The molecular formula is C70H133NO5. The number of ether oxygens (including phenoxy) is 1. The molecule has 0 aromatic carbocycles. The third-order valence-corrected chi connectivity index (χ3v) is 15.9. The highest BCUT2D eigenvalue weighted by molar-refractivity contribution is 5.76. The van der Waals surface area contributed by atoms with Crippen LogP contribution in [0.4, 0.5) is 0 Å². The fourth-order valence-electron chi connectivity index (χ4n) is 10.7. The lowest BCUT2D eigenvalue weighted by molar-refractivity contribution is -0.143. The molecule has 2 unspecified atom stereocenters. The van der Waals surface area contributed by atoms with E-state index >= 15 is 0 Å². The first-order valence-corrected chi connectivity index (χ1v) is 34.2. The van der Waals surface area contributed by atoms with Crippen molar-refractivity contribution in [1.29, 1.82) is 0 Å². The smallest absolute Gasteiger partial charge is 0.305 e. The predicted molar refractivity (Wildman–Crippen MR) is 333 cm³/mol. The first-order valence-electron chi connectivity index (χ1n) is 34.2. The summed E-state index contributed by atoms with van der Waals surface area (Å²) in [7, 11) is 0. The van der Waals surface area contributed by atoms with Gasteiger partial charge in [-0.25, -0.2) is 0 Å². The Balaban J connectivity index is 3.35. The van der Waals surface area contributed by atoms with Gasteiger partial charge in [-0.3, -0.25) is 9.59 Å². The average Bonchev–Trinajstić information content (AvgIpc) is 3.42. The summed E-state index contributed by atoms with van der Waals surface area (Å²) in [5, 5.41) is 23.2. The molecule has 0 aromatic heterocycles. The number of unbranched alkanes of at least 4 members (excludes halogenated alkanes) is 47. The van der Waals surface area contributed by atoms with Gasteiger partial charge in [0.05, 0.1) is 25.4 Å². The Morgan fingerprint density at radius 1 is 0.368 bits per heavy atom. The molecule has 0 spiro atoms. The molecule has 0 saturated heterocycles. The van der Waals surface area contributed by atoms with E-state index in [4.69, 9.17) is 4.74 Å². The van der Waals surface area contributed by atoms with E-state index < -0.39 is 12.1 Å². The first kappa shape index (κ1) is 74.1. The number of hydrogen-bond acceptors (Lipinski definition) is 5. The minimum absolute atomic E-state index is 0.00759. The fourth-order valence-corrected chi connectivity index (χ4v) is 10.7. The zero-order valence-corrected chi connectivity index (χ0v) is 51.3. The van der Waals surface area contributed by atoms with Crippen molar-refractivity contribution in [2.45, 2.75) is 386 Å². The van der Waals surface area contributed by atoms with Crippen LogP contribution in [0.2, 0.25) is 0 Å². The molecule has 6 nitrogen and oxygen atoms in total. The Hall–Kier alpha value is -1.92. The molecule has 0 aromatic rings. The molecule has 0 bridgehead atoms. The lowest BCUT2D eigenvalue weighted by Gasteiger charge is -2.22. The van der Waals surface area contributed by atoms with E-state index in [1.54, 1.807) is 0 Å². The molecule has 0 radical (unpaired) electrons. The van der Waals surface area contributed by atoms with Crippen molar-refractivity contribution in [3.05, 3.63) is 36.5 Å². The Bertz CT molecular complexity index is 1230. The zero-order chi connectivity index (χ0) is 55.0. The molecule has 0 rings (SSSR count). The van der Waals surface area contributed by atoms with Gasteiger partial charge < -0.3 is 20.3 Å². The predicted octanol–water partition coefficient (Wildman–Crippen LogP) is 21.9. The van der Waals surface area contributed by atoms with Crippen molar-refractivity contribution in [2.75, 3.05) is 13.2 Å². The highest BCUT2D eigenvalue weighted by Gasteiger charge is 2.20. The summed E-state index contributed by atoms with van der Waals surface area (Å²) in [6, 6.07) is -0.538. The van der Waals surface area contributed by atoms with Gasteiger partial charge in [-0.15, -0.1) is 0 Å². The van der Waals surface area contributed by atoms with Crippen LogP contribution in [0.1, 0.15) is 373 Å². The molecule has 0 heterocycles. The molecular weight excluding hydrogens is 935 g/mol. The standard InChI is InChI=1S/C70H133NO5/c1-3-5-7-9-11-13-15-39-44-48-52-56-60-64-70(75)76-65-61-57-53-49-45-41-38-36-34-32-30-28-26-24-22-20-18-16-17-19-21-23-25-27-29-31-33-35-37-40-43-47-51-55-59-63-69(74)71-67(66-72)68(73)62-58-54-50-46-42-14-12-10-8-6-4-2/h13,15,18,20,24,26,67-68,72-73H,3-12,14,16-17,19,21-23,25,27-66H2,1-2H3,(H,71,74)/b15-13-,20-18-,26-24-. The quantitative estimate of drug-likeness (QED) is 0.0320. The van der Waals surface area contributed by atoms with Crippen LogP contribution in [0.3, 0.4) is 0 Å². The van der Waals surface area contributed by atoms with Crippen molar-refractivity contribution in [3.8, 4) is 0 Å². The number of rotatable bonds is 64. The van der Waals surface area contributed by atoms with E-state index in [0.29, 0.717) is 25.9 Å². The zero-order valence-electron chi connectivity index (χ0n) is 51.3. The number of carbonyl (C=O) groups excluding carboxylic acids is 2. The molecule has 1 amide bonds. The fraction of sp³-hybridized carbons (Fsp3) is 0.886. The second kappa shape index (κ2) is 65.6. The summed E-state index contributed by atoms with van der Waals surface area (Å²) < 4.78 is 5.48. The largest absolute Gasteiger partial charge is 0.466 e. The molecule has 0 saturated carbocycles. The lowest BCUT2D eigenvalue weighted by atomic mass is 10.0. The monoisotopic (exact) mass is 1070 g/mol. The van der Waals surface area contributed by atoms with Gasteiger partial charge in [-0.05, 0) is 83.5 Å². The van der Waals surface area contributed by atoms with Crippen molar-refractivity contribution in [2.24, 2.45) is 0 Å². The van der Waals surface area contributed by atoms with Gasteiger partial charge in [-0.1, -0.05) is 314 Å². The number of esters is 1. The lowest BCUT2D eigenvalue weighted by Crippen LogP contribution is -2.45. The Labute approximate surface area is 474 Å². The number of hydrogen-bond donors (Lipinski definition) is 3. The number of carbonyl (C=O) groups is 2. The molecule has 0 aliphatic rings. The van der Waals surface area contributed by atoms with Crippen LogP contribution < -0.4 is 5.32 Å². The second-order valence-electron chi connectivity index (χ2n) is 23.5. The molecule has 0 aliphatic carbocycles. The van der Waals surface area contributed by atoms with Crippen LogP contribution in [0.15, 0.2) is 36.5 Å². The third-order valence-electron chi connectivity index (χ3n) is 15.9. The first-order chi connectivity index (χ1) is 37.5. The van der Waals surface area contributed by atoms with Crippen molar-refractivity contribution in [3.63, 3.8) is 0 Å². The highest BCUT2D eigenvalue weighted by Crippen LogP contribution is 2.18. The van der Waals surface area contributed by atoms with Crippen LogP contribution in [-0.4, -0.2) is 47.4 Å². The van der Waals surface area contributed by atoms with E-state index in [0.717, 1.165) is 51.4 Å². The average molecular weight is 1070 g/mol. The summed E-state index contributed by atoms with van der Waals surface area (Å²) in [6.07, 6.45) is 83.4. The van der Waals surface area contributed by atoms with Crippen molar-refractivity contribution >= 4 is 11.9 Å². The van der Waals surface area contributed by atoms with Gasteiger partial charge in [0.25, 0.3) is 0 Å². The Morgan fingerprint density at radius 3 is 1.03 bits per heavy atom. The maximum atomic E-state index is 12.5. The number of amides is 1. The maximum absolute atomic E-state index is 12.5. The van der Waals surface area contributed by atoms with Crippen LogP contribution in [0.5, 0.6) is 0 Å². The number of aliphatic hydroxyl groups excluding tert-OH is 2. The molecule has 0 fully saturated rings. The van der Waals surface area contributed by atoms with Crippen LogP contribution in [-0.2, 0) is 14.3 Å². The minimum atomic E-state index is -0.661. The van der Waals surface area contributed by atoms with Gasteiger partial charge >= 0.3 is 5.97 Å². The van der Waals surface area contributed by atoms with Gasteiger partial charge in [0.15, 0.2) is 0 Å². The number of aliphatic hydroxyl groups is 2. The molecule has 448 valence electrons. The Kier molecular flexibility index (Phi) is 63.9. The highest BCUT2D eigenvalue weighted by atomic mass is 16.5. The summed E-state index contributed by atoms with van der Waals surface area (Å²) in [5.41, 5.74) is 0. The van der Waals surface area contributed by atoms with Gasteiger partial charge in [0, 0.05) is 12.8 Å². The molecule has 2 atom stereocenters. The summed E-state index contributed by atoms with van der Waals surface area (Å²) in [6.45, 7) is 4.94. The van der Waals surface area contributed by atoms with Crippen LogP contribution in [0.25, 0.3) is 0 Å². The van der Waals surface area contributed by atoms with E-state index in [2.05, 4.69) is 55.6 Å². The van der Waals surface area contributed by atoms with E-state index in [9.17, 15) is 19.8 Å². The van der Waals surface area contributed by atoms with Gasteiger partial charge in [-0.2, -0.15) is 0 Å². The SMILES string of the molecule is CCCCCC/C=C\CCCCCCCC(=O)OCCCCCCCCCCCCC/C=C\C/C=C\CCCCCCCCCCCCCCCCCCCC(=O)NC(CO)C(O)CCCCCCCCCCCCC. The summed E-state index contributed by atoms with van der Waals surface area (Å²) >= 11 is 0. The maximum Gasteiger partial charge on any atom is 0.305 e. The number of nitrogens with one attached hydrogen (secondary N) is 1. The van der Waals surface area contributed by atoms with E-state index in [1.807, 2.05) is 0 Å².